The van der Waals surface area contributed by atoms with Gasteiger partial charge >= 0.3 is 0 Å². The van der Waals surface area contributed by atoms with Crippen molar-refractivity contribution in [3.8, 4) is 11.5 Å². The van der Waals surface area contributed by atoms with E-state index in [1.807, 2.05) is 18.2 Å². The molecular formula is C23H26N2O5. The van der Waals surface area contributed by atoms with E-state index in [2.05, 4.69) is 10.2 Å². The predicted octanol–water partition coefficient (Wildman–Crippen LogP) is 2.87. The number of aldehydes is 1. The molecule has 1 N–H and O–H groups in total. The standard InChI is InChI=1S/C23H26N2O5/c1-28-22-16-18(6-8-21(22)30-15-12-25-10-13-29-14-11-25)7-9-23(27)24-20-5-3-2-4-19(20)17-26/h2-9,16-17H,10-15H2,1H3,(H,24,27)/b9-7+. The zero-order chi connectivity index (χ0) is 21.2. The summed E-state index contributed by atoms with van der Waals surface area (Å²) in [5, 5.41) is 2.70. The van der Waals surface area contributed by atoms with E-state index in [0.29, 0.717) is 35.6 Å². The number of carbonyl (C=O) groups is 2. The molecule has 1 heterocycles. The fraction of sp³-hybridized carbons (Fsp3) is 0.304. The summed E-state index contributed by atoms with van der Waals surface area (Å²) < 4.78 is 16.6. The first-order valence-corrected chi connectivity index (χ1v) is 9.84. The lowest BCUT2D eigenvalue weighted by molar-refractivity contribution is -0.111. The van der Waals surface area contributed by atoms with Crippen molar-refractivity contribution in [2.24, 2.45) is 0 Å². The molecule has 7 heteroatoms. The summed E-state index contributed by atoms with van der Waals surface area (Å²) in [6.45, 7) is 4.76. The van der Waals surface area contributed by atoms with Crippen LogP contribution >= 0.6 is 0 Å². The normalized spacial score (nSPS) is 14.4. The SMILES string of the molecule is COc1cc(/C=C/C(=O)Nc2ccccc2C=O)ccc1OCCN1CCOCC1. The molecule has 7 nitrogen and oxygen atoms in total. The first-order valence-electron chi connectivity index (χ1n) is 9.84. The van der Waals surface area contributed by atoms with Gasteiger partial charge in [-0.3, -0.25) is 14.5 Å². The highest BCUT2D eigenvalue weighted by molar-refractivity contribution is 6.04. The smallest absolute Gasteiger partial charge is 0.248 e. The number of morpholine rings is 1. The number of hydrogen-bond donors (Lipinski definition) is 1. The summed E-state index contributed by atoms with van der Waals surface area (Å²) in [4.78, 5) is 25.5. The summed E-state index contributed by atoms with van der Waals surface area (Å²) in [5.74, 6) is 0.937. The van der Waals surface area contributed by atoms with Crippen molar-refractivity contribution in [3.63, 3.8) is 0 Å². The number of ether oxygens (including phenoxy) is 3. The Balaban J connectivity index is 1.56. The average Bonchev–Trinajstić information content (AvgIpc) is 2.79. The third-order valence-electron chi connectivity index (χ3n) is 4.73. The monoisotopic (exact) mass is 410 g/mol. The summed E-state index contributed by atoms with van der Waals surface area (Å²) >= 11 is 0. The molecule has 0 spiro atoms. The maximum Gasteiger partial charge on any atom is 0.248 e. The van der Waals surface area contributed by atoms with E-state index in [9.17, 15) is 9.59 Å². The second-order valence-electron chi connectivity index (χ2n) is 6.74. The van der Waals surface area contributed by atoms with Gasteiger partial charge in [-0.15, -0.1) is 0 Å². The second-order valence-corrected chi connectivity index (χ2v) is 6.74. The number of nitrogens with one attached hydrogen (secondary N) is 1. The third-order valence-corrected chi connectivity index (χ3v) is 4.73. The van der Waals surface area contributed by atoms with Crippen LogP contribution in [0, 0.1) is 0 Å². The number of carbonyl (C=O) groups excluding carboxylic acids is 2. The lowest BCUT2D eigenvalue weighted by Crippen LogP contribution is -2.38. The van der Waals surface area contributed by atoms with Crippen LogP contribution < -0.4 is 14.8 Å². The molecule has 1 aliphatic heterocycles. The van der Waals surface area contributed by atoms with Crippen LogP contribution in [0.4, 0.5) is 5.69 Å². The van der Waals surface area contributed by atoms with Crippen molar-refractivity contribution < 1.29 is 23.8 Å². The number of benzene rings is 2. The number of anilines is 1. The molecule has 1 aliphatic rings. The van der Waals surface area contributed by atoms with E-state index in [-0.39, 0.29) is 5.91 Å². The van der Waals surface area contributed by atoms with Crippen LogP contribution in [0.2, 0.25) is 0 Å². The van der Waals surface area contributed by atoms with E-state index >= 15 is 0 Å². The van der Waals surface area contributed by atoms with Gasteiger partial charge in [0.25, 0.3) is 0 Å². The molecule has 0 bridgehead atoms. The molecule has 0 saturated carbocycles. The Hall–Kier alpha value is -3.16. The molecule has 2 aromatic rings. The molecule has 0 atom stereocenters. The van der Waals surface area contributed by atoms with E-state index in [0.717, 1.165) is 38.4 Å². The summed E-state index contributed by atoms with van der Waals surface area (Å²) in [6.07, 6.45) is 3.80. The van der Waals surface area contributed by atoms with Gasteiger partial charge in [0.2, 0.25) is 5.91 Å². The molecule has 2 aromatic carbocycles. The molecular weight excluding hydrogens is 384 g/mol. The Morgan fingerprint density at radius 2 is 1.97 bits per heavy atom. The molecule has 0 aromatic heterocycles. The Labute approximate surface area is 176 Å². The van der Waals surface area contributed by atoms with Gasteiger partial charge in [0.05, 0.1) is 26.0 Å². The molecule has 1 saturated heterocycles. The number of methoxy groups -OCH3 is 1. The van der Waals surface area contributed by atoms with Crippen LogP contribution in [-0.4, -0.2) is 63.7 Å². The lowest BCUT2D eigenvalue weighted by Gasteiger charge is -2.26. The second kappa shape index (κ2) is 11.1. The van der Waals surface area contributed by atoms with E-state index < -0.39 is 0 Å². The van der Waals surface area contributed by atoms with Crippen molar-refractivity contribution in [3.05, 3.63) is 59.7 Å². The summed E-state index contributed by atoms with van der Waals surface area (Å²) in [5.41, 5.74) is 1.70. The van der Waals surface area contributed by atoms with Crippen molar-refractivity contribution >= 4 is 24.0 Å². The van der Waals surface area contributed by atoms with Gasteiger partial charge in [0.1, 0.15) is 6.61 Å². The zero-order valence-electron chi connectivity index (χ0n) is 17.0. The highest BCUT2D eigenvalue weighted by Crippen LogP contribution is 2.28. The molecule has 3 rings (SSSR count). The van der Waals surface area contributed by atoms with Gasteiger partial charge in [-0.1, -0.05) is 18.2 Å². The van der Waals surface area contributed by atoms with Gasteiger partial charge in [-0.2, -0.15) is 0 Å². The van der Waals surface area contributed by atoms with Crippen LogP contribution in [0.3, 0.4) is 0 Å². The van der Waals surface area contributed by atoms with Crippen molar-refractivity contribution in [1.29, 1.82) is 0 Å². The van der Waals surface area contributed by atoms with Crippen LogP contribution in [0.5, 0.6) is 11.5 Å². The fourth-order valence-corrected chi connectivity index (χ4v) is 3.08. The Morgan fingerprint density at radius 1 is 1.17 bits per heavy atom. The molecule has 1 amide bonds. The van der Waals surface area contributed by atoms with Crippen molar-refractivity contribution in [2.75, 3.05) is 51.9 Å². The average molecular weight is 410 g/mol. The van der Waals surface area contributed by atoms with Crippen LogP contribution in [0.15, 0.2) is 48.5 Å². The van der Waals surface area contributed by atoms with E-state index in [1.54, 1.807) is 37.5 Å². The molecule has 1 fully saturated rings. The maximum absolute atomic E-state index is 12.2. The minimum Gasteiger partial charge on any atom is -0.493 e. The maximum atomic E-state index is 12.2. The molecule has 0 aliphatic carbocycles. The molecule has 0 unspecified atom stereocenters. The molecule has 30 heavy (non-hydrogen) atoms. The Kier molecular flexibility index (Phi) is 8.00. The number of para-hydroxylation sites is 1. The van der Waals surface area contributed by atoms with Gasteiger partial charge in [0, 0.05) is 31.3 Å². The topological polar surface area (TPSA) is 77.1 Å². The van der Waals surface area contributed by atoms with Gasteiger partial charge in [-0.25, -0.2) is 0 Å². The van der Waals surface area contributed by atoms with Gasteiger partial charge < -0.3 is 19.5 Å². The minimum atomic E-state index is -0.325. The van der Waals surface area contributed by atoms with Gasteiger partial charge in [-0.05, 0) is 35.9 Å². The number of rotatable bonds is 9. The highest BCUT2D eigenvalue weighted by Gasteiger charge is 2.11. The van der Waals surface area contributed by atoms with Crippen LogP contribution in [-0.2, 0) is 9.53 Å². The molecule has 158 valence electrons. The first kappa shape index (κ1) is 21.5. The predicted molar refractivity (Wildman–Crippen MR) is 115 cm³/mol. The summed E-state index contributed by atoms with van der Waals surface area (Å²) in [7, 11) is 1.58. The van der Waals surface area contributed by atoms with Gasteiger partial charge in [0.15, 0.2) is 17.8 Å². The lowest BCUT2D eigenvalue weighted by atomic mass is 10.1. The minimum absolute atomic E-state index is 0.325. The number of amides is 1. The number of hydrogen-bond acceptors (Lipinski definition) is 6. The molecule has 0 radical (unpaired) electrons. The van der Waals surface area contributed by atoms with E-state index in [1.165, 1.54) is 6.08 Å². The number of nitrogens with zero attached hydrogens (tertiary/aromatic N) is 1. The van der Waals surface area contributed by atoms with Crippen molar-refractivity contribution in [2.45, 2.75) is 0 Å². The Bertz CT molecular complexity index is 891. The van der Waals surface area contributed by atoms with Crippen LogP contribution in [0.25, 0.3) is 6.08 Å². The zero-order valence-corrected chi connectivity index (χ0v) is 17.0. The van der Waals surface area contributed by atoms with Crippen molar-refractivity contribution in [1.82, 2.24) is 4.90 Å². The first-order chi connectivity index (χ1) is 14.7. The Morgan fingerprint density at radius 3 is 2.73 bits per heavy atom. The largest absolute Gasteiger partial charge is 0.493 e. The quantitative estimate of drug-likeness (QED) is 0.506. The van der Waals surface area contributed by atoms with Crippen LogP contribution in [0.1, 0.15) is 15.9 Å². The van der Waals surface area contributed by atoms with E-state index in [4.69, 9.17) is 14.2 Å². The highest BCUT2D eigenvalue weighted by atomic mass is 16.5. The fourth-order valence-electron chi connectivity index (χ4n) is 3.08. The third kappa shape index (κ3) is 6.17. The summed E-state index contributed by atoms with van der Waals surface area (Å²) in [6, 6.07) is 12.3.